The van der Waals surface area contributed by atoms with Crippen LogP contribution in [0.25, 0.3) is 0 Å². The third kappa shape index (κ3) is 2.89. The Morgan fingerprint density at radius 1 is 1.19 bits per heavy atom. The van der Waals surface area contributed by atoms with Gasteiger partial charge < -0.3 is 9.47 Å². The van der Waals surface area contributed by atoms with E-state index in [0.29, 0.717) is 11.1 Å². The Balaban J connectivity index is 1.97. The zero-order chi connectivity index (χ0) is 11.4. The minimum Gasteiger partial charge on any atom is -0.489 e. The molecule has 0 saturated heterocycles. The Bertz CT molecular complexity index is 340. The fourth-order valence-electron chi connectivity index (χ4n) is 2.14. The molecule has 2 atom stereocenters. The van der Waals surface area contributed by atoms with Gasteiger partial charge in [-0.2, -0.15) is 0 Å². The van der Waals surface area contributed by atoms with Crippen molar-refractivity contribution in [2.75, 3.05) is 7.11 Å². The standard InChI is InChI=1S/C13H17ClO2/c1-15-10-5-4-6-11(9-10)16-13-8-3-2-7-12(13)14/h2-3,7-8,10-11H,4-6,9H2,1H3. The van der Waals surface area contributed by atoms with Crippen LogP contribution < -0.4 is 4.74 Å². The molecule has 0 aliphatic heterocycles. The third-order valence-electron chi connectivity index (χ3n) is 3.04. The zero-order valence-corrected chi connectivity index (χ0v) is 10.2. The smallest absolute Gasteiger partial charge is 0.138 e. The quantitative estimate of drug-likeness (QED) is 0.803. The van der Waals surface area contributed by atoms with Gasteiger partial charge in [0.2, 0.25) is 0 Å². The van der Waals surface area contributed by atoms with Gasteiger partial charge in [-0.15, -0.1) is 0 Å². The number of hydrogen-bond acceptors (Lipinski definition) is 2. The minimum atomic E-state index is 0.235. The van der Waals surface area contributed by atoms with Crippen LogP contribution in [0.5, 0.6) is 5.75 Å². The number of rotatable bonds is 3. The highest BCUT2D eigenvalue weighted by Crippen LogP contribution is 2.29. The van der Waals surface area contributed by atoms with Gasteiger partial charge in [0.15, 0.2) is 0 Å². The van der Waals surface area contributed by atoms with Gasteiger partial charge in [-0.1, -0.05) is 23.7 Å². The Labute approximate surface area is 102 Å². The number of hydrogen-bond donors (Lipinski definition) is 0. The summed E-state index contributed by atoms with van der Waals surface area (Å²) in [6.45, 7) is 0. The maximum atomic E-state index is 6.06. The van der Waals surface area contributed by atoms with E-state index in [2.05, 4.69) is 0 Å². The first-order valence-corrected chi connectivity index (χ1v) is 6.11. The number of halogens is 1. The fraction of sp³-hybridized carbons (Fsp3) is 0.538. The molecule has 0 N–H and O–H groups in total. The van der Waals surface area contributed by atoms with Crippen molar-refractivity contribution in [1.29, 1.82) is 0 Å². The molecule has 1 aromatic rings. The molecule has 0 spiro atoms. The predicted octanol–water partition coefficient (Wildman–Crippen LogP) is 3.68. The molecule has 0 heterocycles. The number of ether oxygens (including phenoxy) is 2. The lowest BCUT2D eigenvalue weighted by Gasteiger charge is -2.28. The molecule has 2 nitrogen and oxygen atoms in total. The summed E-state index contributed by atoms with van der Waals surface area (Å²) in [6.07, 6.45) is 4.92. The van der Waals surface area contributed by atoms with Gasteiger partial charge in [-0.05, 0) is 31.4 Å². The zero-order valence-electron chi connectivity index (χ0n) is 9.49. The maximum absolute atomic E-state index is 6.06. The second-order valence-electron chi connectivity index (χ2n) is 4.19. The summed E-state index contributed by atoms with van der Waals surface area (Å²) in [4.78, 5) is 0. The highest BCUT2D eigenvalue weighted by molar-refractivity contribution is 6.32. The molecule has 1 saturated carbocycles. The molecular formula is C13H17ClO2. The van der Waals surface area contributed by atoms with Crippen molar-refractivity contribution in [1.82, 2.24) is 0 Å². The van der Waals surface area contributed by atoms with Crippen LogP contribution in [0.1, 0.15) is 25.7 Å². The Kier molecular flexibility index (Phi) is 4.08. The summed E-state index contributed by atoms with van der Waals surface area (Å²) in [5, 5.41) is 0.682. The Morgan fingerprint density at radius 3 is 2.69 bits per heavy atom. The summed E-state index contributed by atoms with van der Waals surface area (Å²) in [7, 11) is 1.77. The average Bonchev–Trinajstić information content (AvgIpc) is 2.32. The summed E-state index contributed by atoms with van der Waals surface area (Å²) in [5.41, 5.74) is 0. The predicted molar refractivity (Wildman–Crippen MR) is 65.1 cm³/mol. The molecule has 2 unspecified atom stereocenters. The molecule has 0 aromatic heterocycles. The monoisotopic (exact) mass is 240 g/mol. The van der Waals surface area contributed by atoms with E-state index in [4.69, 9.17) is 21.1 Å². The number of para-hydroxylation sites is 1. The first-order chi connectivity index (χ1) is 7.79. The Morgan fingerprint density at radius 2 is 1.94 bits per heavy atom. The molecule has 2 rings (SSSR count). The van der Waals surface area contributed by atoms with Gasteiger partial charge in [-0.3, -0.25) is 0 Å². The summed E-state index contributed by atoms with van der Waals surface area (Å²) in [5.74, 6) is 0.783. The summed E-state index contributed by atoms with van der Waals surface area (Å²) in [6, 6.07) is 7.62. The van der Waals surface area contributed by atoms with Gasteiger partial charge in [0.1, 0.15) is 11.9 Å². The number of benzene rings is 1. The second kappa shape index (κ2) is 5.55. The van der Waals surface area contributed by atoms with Crippen LogP contribution in [0.4, 0.5) is 0 Å². The van der Waals surface area contributed by atoms with Crippen LogP contribution in [0.2, 0.25) is 5.02 Å². The SMILES string of the molecule is COC1CCCC(Oc2ccccc2Cl)C1. The van der Waals surface area contributed by atoms with Crippen LogP contribution in [-0.4, -0.2) is 19.3 Å². The van der Waals surface area contributed by atoms with Gasteiger partial charge in [0.05, 0.1) is 11.1 Å². The summed E-state index contributed by atoms with van der Waals surface area (Å²) >= 11 is 6.06. The second-order valence-corrected chi connectivity index (χ2v) is 4.60. The van der Waals surface area contributed by atoms with Crippen molar-refractivity contribution in [3.63, 3.8) is 0 Å². The largest absolute Gasteiger partial charge is 0.489 e. The molecule has 16 heavy (non-hydrogen) atoms. The van der Waals surface area contributed by atoms with Crippen LogP contribution in [0.3, 0.4) is 0 Å². The van der Waals surface area contributed by atoms with Gasteiger partial charge in [0.25, 0.3) is 0 Å². The molecule has 0 bridgehead atoms. The van der Waals surface area contributed by atoms with E-state index in [1.54, 1.807) is 7.11 Å². The molecule has 1 aliphatic rings. The Hall–Kier alpha value is -0.730. The third-order valence-corrected chi connectivity index (χ3v) is 3.35. The van der Waals surface area contributed by atoms with Crippen molar-refractivity contribution in [2.45, 2.75) is 37.9 Å². The van der Waals surface area contributed by atoms with Gasteiger partial charge in [-0.25, -0.2) is 0 Å². The molecule has 3 heteroatoms. The first-order valence-electron chi connectivity index (χ1n) is 5.73. The van der Waals surface area contributed by atoms with E-state index in [-0.39, 0.29) is 6.10 Å². The van der Waals surface area contributed by atoms with Crippen LogP contribution in [0.15, 0.2) is 24.3 Å². The maximum Gasteiger partial charge on any atom is 0.138 e. The van der Waals surface area contributed by atoms with Gasteiger partial charge >= 0.3 is 0 Å². The first kappa shape index (κ1) is 11.7. The van der Waals surface area contributed by atoms with Crippen molar-refractivity contribution >= 4 is 11.6 Å². The highest BCUT2D eigenvalue weighted by Gasteiger charge is 2.23. The summed E-state index contributed by atoms with van der Waals surface area (Å²) < 4.78 is 11.3. The van der Waals surface area contributed by atoms with Crippen LogP contribution in [-0.2, 0) is 4.74 Å². The van der Waals surface area contributed by atoms with E-state index in [1.165, 1.54) is 0 Å². The van der Waals surface area contributed by atoms with E-state index in [0.717, 1.165) is 31.4 Å². The van der Waals surface area contributed by atoms with E-state index >= 15 is 0 Å². The number of methoxy groups -OCH3 is 1. The van der Waals surface area contributed by atoms with Crippen molar-refractivity contribution in [3.05, 3.63) is 29.3 Å². The van der Waals surface area contributed by atoms with E-state index < -0.39 is 0 Å². The van der Waals surface area contributed by atoms with E-state index in [1.807, 2.05) is 24.3 Å². The lowest BCUT2D eigenvalue weighted by Crippen LogP contribution is -2.29. The van der Waals surface area contributed by atoms with Crippen LogP contribution >= 0.6 is 11.6 Å². The highest BCUT2D eigenvalue weighted by atomic mass is 35.5. The molecule has 1 aliphatic carbocycles. The fourth-order valence-corrected chi connectivity index (χ4v) is 2.32. The van der Waals surface area contributed by atoms with Crippen molar-refractivity contribution in [3.8, 4) is 5.75 Å². The van der Waals surface area contributed by atoms with E-state index in [9.17, 15) is 0 Å². The normalized spacial score (nSPS) is 25.4. The van der Waals surface area contributed by atoms with Gasteiger partial charge in [0, 0.05) is 13.5 Å². The lowest BCUT2D eigenvalue weighted by molar-refractivity contribution is 0.0210. The van der Waals surface area contributed by atoms with Crippen LogP contribution in [0, 0.1) is 0 Å². The molecular weight excluding hydrogens is 224 g/mol. The molecule has 0 radical (unpaired) electrons. The lowest BCUT2D eigenvalue weighted by atomic mass is 9.95. The molecule has 1 aromatic carbocycles. The minimum absolute atomic E-state index is 0.235. The topological polar surface area (TPSA) is 18.5 Å². The average molecular weight is 241 g/mol. The molecule has 88 valence electrons. The van der Waals surface area contributed by atoms with Crippen molar-refractivity contribution < 1.29 is 9.47 Å². The molecule has 0 amide bonds. The van der Waals surface area contributed by atoms with Crippen molar-refractivity contribution in [2.24, 2.45) is 0 Å². The molecule has 1 fully saturated rings.